The van der Waals surface area contributed by atoms with Crippen LogP contribution in [0.5, 0.6) is 0 Å². The Kier molecular flexibility index (Phi) is 4.19. The molecule has 0 bridgehead atoms. The van der Waals surface area contributed by atoms with E-state index >= 15 is 0 Å². The van der Waals surface area contributed by atoms with Crippen LogP contribution in [0.15, 0.2) is 18.2 Å². The Bertz CT molecular complexity index is 526. The molecule has 1 aliphatic rings. The number of nitrogen functional groups attached to an aromatic ring is 1. The van der Waals surface area contributed by atoms with E-state index < -0.39 is 10.8 Å². The summed E-state index contributed by atoms with van der Waals surface area (Å²) in [5, 5.41) is 13.6. The van der Waals surface area contributed by atoms with Gasteiger partial charge in [-0.15, -0.1) is 0 Å². The molecule has 0 aliphatic carbocycles. The highest BCUT2D eigenvalue weighted by Crippen LogP contribution is 2.25. The van der Waals surface area contributed by atoms with Gasteiger partial charge in [0.25, 0.3) is 11.6 Å². The molecule has 1 aromatic carbocycles. The fourth-order valence-corrected chi connectivity index (χ4v) is 2.26. The van der Waals surface area contributed by atoms with Gasteiger partial charge in [0.2, 0.25) is 0 Å². The maximum Gasteiger partial charge on any atom is 0.292 e. The van der Waals surface area contributed by atoms with Crippen molar-refractivity contribution in [2.24, 2.45) is 5.92 Å². The number of anilines is 1. The Morgan fingerprint density at radius 2 is 2.35 bits per heavy atom. The first-order chi connectivity index (χ1) is 9.50. The Hall–Kier alpha value is -2.15. The molecule has 1 aliphatic heterocycles. The Labute approximate surface area is 116 Å². The first kappa shape index (κ1) is 14.3. The third-order valence-corrected chi connectivity index (χ3v) is 3.56. The van der Waals surface area contributed by atoms with Crippen molar-refractivity contribution < 1.29 is 14.5 Å². The fraction of sp³-hybridized carbons (Fsp3) is 0.462. The summed E-state index contributed by atoms with van der Waals surface area (Å²) in [5.41, 5.74) is 5.46. The molecule has 0 spiro atoms. The van der Waals surface area contributed by atoms with Crippen LogP contribution < -0.4 is 11.1 Å². The van der Waals surface area contributed by atoms with Crippen LogP contribution in [0.2, 0.25) is 0 Å². The minimum atomic E-state index is -0.597. The summed E-state index contributed by atoms with van der Waals surface area (Å²) in [6.45, 7) is 3.21. The average Bonchev–Trinajstić information content (AvgIpc) is 2.92. The largest absolute Gasteiger partial charge is 0.393 e. The molecule has 0 aromatic heterocycles. The van der Waals surface area contributed by atoms with Crippen LogP contribution in [0.25, 0.3) is 0 Å². The number of amides is 1. The van der Waals surface area contributed by atoms with Crippen LogP contribution in [0.3, 0.4) is 0 Å². The number of hydrogen-bond donors (Lipinski definition) is 2. The van der Waals surface area contributed by atoms with Crippen molar-refractivity contribution in [2.45, 2.75) is 19.4 Å². The molecule has 2 atom stereocenters. The molecule has 1 amide bonds. The second-order valence-corrected chi connectivity index (χ2v) is 4.88. The molecular weight excluding hydrogens is 262 g/mol. The van der Waals surface area contributed by atoms with Crippen LogP contribution in [-0.2, 0) is 4.74 Å². The fourth-order valence-electron chi connectivity index (χ4n) is 2.26. The summed E-state index contributed by atoms with van der Waals surface area (Å²) in [7, 11) is 0. The average molecular weight is 279 g/mol. The van der Waals surface area contributed by atoms with E-state index in [0.717, 1.165) is 6.42 Å². The van der Waals surface area contributed by atoms with E-state index in [1.54, 1.807) is 0 Å². The molecule has 7 nitrogen and oxygen atoms in total. The number of rotatable bonds is 4. The molecule has 108 valence electrons. The highest BCUT2D eigenvalue weighted by atomic mass is 16.6. The first-order valence-corrected chi connectivity index (χ1v) is 6.42. The smallest absolute Gasteiger partial charge is 0.292 e. The summed E-state index contributed by atoms with van der Waals surface area (Å²) in [6.07, 6.45) is 0.895. The first-order valence-electron chi connectivity index (χ1n) is 6.42. The van der Waals surface area contributed by atoms with Gasteiger partial charge in [-0.3, -0.25) is 14.9 Å². The van der Waals surface area contributed by atoms with Crippen molar-refractivity contribution in [1.29, 1.82) is 0 Å². The van der Waals surface area contributed by atoms with Crippen molar-refractivity contribution in [3.05, 3.63) is 33.9 Å². The highest BCUT2D eigenvalue weighted by molar-refractivity contribution is 6.01. The maximum atomic E-state index is 12.2. The number of hydrogen-bond acceptors (Lipinski definition) is 5. The summed E-state index contributed by atoms with van der Waals surface area (Å²) < 4.78 is 5.27. The number of carbonyl (C=O) groups excluding carboxylic acids is 1. The SMILES string of the molecule is CC(NC(=O)c1cccc([N+](=O)[O-])c1N)C1CCOC1. The number of nitrogens with two attached hydrogens (primary N) is 1. The van der Waals surface area contributed by atoms with Gasteiger partial charge in [0.1, 0.15) is 5.69 Å². The van der Waals surface area contributed by atoms with Crippen molar-refractivity contribution in [2.75, 3.05) is 18.9 Å². The molecule has 1 fully saturated rings. The number of nitro groups is 1. The number of nitro benzene ring substituents is 1. The van der Waals surface area contributed by atoms with Gasteiger partial charge in [-0.2, -0.15) is 0 Å². The zero-order valence-corrected chi connectivity index (χ0v) is 11.2. The number of ether oxygens (including phenoxy) is 1. The van der Waals surface area contributed by atoms with Crippen LogP contribution >= 0.6 is 0 Å². The van der Waals surface area contributed by atoms with E-state index in [9.17, 15) is 14.9 Å². The van der Waals surface area contributed by atoms with E-state index in [1.807, 2.05) is 6.92 Å². The van der Waals surface area contributed by atoms with Gasteiger partial charge in [0, 0.05) is 24.6 Å². The zero-order chi connectivity index (χ0) is 14.7. The summed E-state index contributed by atoms with van der Waals surface area (Å²) in [5.74, 6) is -0.135. The van der Waals surface area contributed by atoms with Gasteiger partial charge in [0.05, 0.1) is 17.1 Å². The number of benzene rings is 1. The molecule has 2 unspecified atom stereocenters. The number of para-hydroxylation sites is 1. The molecule has 1 aromatic rings. The van der Waals surface area contributed by atoms with Crippen molar-refractivity contribution in [1.82, 2.24) is 5.32 Å². The lowest BCUT2D eigenvalue weighted by Crippen LogP contribution is -2.38. The molecule has 1 heterocycles. The highest BCUT2D eigenvalue weighted by Gasteiger charge is 2.25. The second-order valence-electron chi connectivity index (χ2n) is 4.88. The lowest BCUT2D eigenvalue weighted by Gasteiger charge is -2.19. The van der Waals surface area contributed by atoms with Crippen LogP contribution in [0, 0.1) is 16.0 Å². The lowest BCUT2D eigenvalue weighted by molar-refractivity contribution is -0.383. The predicted molar refractivity (Wildman–Crippen MR) is 73.4 cm³/mol. The van der Waals surface area contributed by atoms with Gasteiger partial charge in [-0.1, -0.05) is 6.07 Å². The summed E-state index contributed by atoms with van der Waals surface area (Å²) in [6, 6.07) is 4.14. The third kappa shape index (κ3) is 2.88. The molecule has 0 radical (unpaired) electrons. The normalized spacial score (nSPS) is 19.6. The number of carbonyl (C=O) groups is 1. The van der Waals surface area contributed by atoms with Gasteiger partial charge < -0.3 is 15.8 Å². The number of nitrogens with one attached hydrogen (secondary N) is 1. The zero-order valence-electron chi connectivity index (χ0n) is 11.2. The molecule has 2 rings (SSSR count). The second kappa shape index (κ2) is 5.87. The van der Waals surface area contributed by atoms with E-state index in [2.05, 4.69) is 5.32 Å². The van der Waals surface area contributed by atoms with Crippen LogP contribution in [0.1, 0.15) is 23.7 Å². The van der Waals surface area contributed by atoms with Gasteiger partial charge >= 0.3 is 0 Å². The van der Waals surface area contributed by atoms with E-state index in [-0.39, 0.29) is 28.9 Å². The maximum absolute atomic E-state index is 12.2. The van der Waals surface area contributed by atoms with Gasteiger partial charge in [-0.25, -0.2) is 0 Å². The van der Waals surface area contributed by atoms with Crippen molar-refractivity contribution in [3.63, 3.8) is 0 Å². The molecule has 0 saturated carbocycles. The van der Waals surface area contributed by atoms with E-state index in [0.29, 0.717) is 13.2 Å². The van der Waals surface area contributed by atoms with E-state index in [4.69, 9.17) is 10.5 Å². The minimum absolute atomic E-state index is 0.0661. The summed E-state index contributed by atoms with van der Waals surface area (Å²) >= 11 is 0. The molecule has 7 heteroatoms. The number of nitrogens with zero attached hydrogens (tertiary/aromatic N) is 1. The minimum Gasteiger partial charge on any atom is -0.393 e. The molecule has 1 saturated heterocycles. The van der Waals surface area contributed by atoms with Gasteiger partial charge in [-0.05, 0) is 19.4 Å². The Balaban J connectivity index is 2.13. The Morgan fingerprint density at radius 1 is 1.60 bits per heavy atom. The van der Waals surface area contributed by atoms with Crippen molar-refractivity contribution >= 4 is 17.3 Å². The van der Waals surface area contributed by atoms with Gasteiger partial charge in [0.15, 0.2) is 0 Å². The van der Waals surface area contributed by atoms with Crippen LogP contribution in [0.4, 0.5) is 11.4 Å². The quantitative estimate of drug-likeness (QED) is 0.491. The van der Waals surface area contributed by atoms with E-state index in [1.165, 1.54) is 18.2 Å². The van der Waals surface area contributed by atoms with Crippen LogP contribution in [-0.4, -0.2) is 30.1 Å². The van der Waals surface area contributed by atoms with Crippen molar-refractivity contribution in [3.8, 4) is 0 Å². The molecule has 20 heavy (non-hydrogen) atoms. The topological polar surface area (TPSA) is 107 Å². The Morgan fingerprint density at radius 3 is 2.95 bits per heavy atom. The molecule has 3 N–H and O–H groups in total. The summed E-state index contributed by atoms with van der Waals surface area (Å²) in [4.78, 5) is 22.4. The molecular formula is C13H17N3O4. The standard InChI is InChI=1S/C13H17N3O4/c1-8(9-5-6-20-7-9)15-13(17)10-3-2-4-11(12(10)14)16(18)19/h2-4,8-9H,5-7,14H2,1H3,(H,15,17). The lowest BCUT2D eigenvalue weighted by atomic mass is 10.00. The third-order valence-electron chi connectivity index (χ3n) is 3.56. The predicted octanol–water partition coefficient (Wildman–Crippen LogP) is 1.33. The monoisotopic (exact) mass is 279 g/mol.